The predicted octanol–water partition coefficient (Wildman–Crippen LogP) is 2.69. The van der Waals surface area contributed by atoms with Crippen molar-refractivity contribution in [3.8, 4) is 0 Å². The summed E-state index contributed by atoms with van der Waals surface area (Å²) in [6.45, 7) is 5.75. The Morgan fingerprint density at radius 3 is 3.11 bits per heavy atom. The van der Waals surface area contributed by atoms with Gasteiger partial charge in [-0.3, -0.25) is 4.40 Å². The molecule has 4 nitrogen and oxygen atoms in total. The maximum Gasteiger partial charge on any atom is 0.193 e. The molecule has 0 saturated carbocycles. The van der Waals surface area contributed by atoms with Crippen molar-refractivity contribution >= 4 is 16.3 Å². The Balaban J connectivity index is 1.54. The summed E-state index contributed by atoms with van der Waals surface area (Å²) in [5.41, 5.74) is 1.11. The third-order valence-corrected chi connectivity index (χ3v) is 3.50. The highest BCUT2D eigenvalue weighted by atomic mass is 32.1. The summed E-state index contributed by atoms with van der Waals surface area (Å²) in [5.74, 6) is 0. The van der Waals surface area contributed by atoms with E-state index in [2.05, 4.69) is 27.8 Å². The van der Waals surface area contributed by atoms with Crippen LogP contribution in [0.3, 0.4) is 0 Å². The highest BCUT2D eigenvalue weighted by molar-refractivity contribution is 7.15. The number of rotatable bonds is 9. The van der Waals surface area contributed by atoms with Gasteiger partial charge in [-0.2, -0.15) is 0 Å². The van der Waals surface area contributed by atoms with Gasteiger partial charge in [-0.05, 0) is 19.4 Å². The third-order valence-electron chi connectivity index (χ3n) is 2.73. The molecule has 5 heteroatoms. The Morgan fingerprint density at radius 2 is 2.28 bits per heavy atom. The van der Waals surface area contributed by atoms with Crippen LogP contribution in [0.15, 0.2) is 17.8 Å². The van der Waals surface area contributed by atoms with E-state index in [1.54, 1.807) is 11.3 Å². The number of fused-ring (bicyclic) bond motifs is 1. The lowest BCUT2D eigenvalue weighted by Gasteiger charge is -2.04. The van der Waals surface area contributed by atoms with Gasteiger partial charge in [0.2, 0.25) is 0 Å². The second kappa shape index (κ2) is 7.51. The first-order valence-corrected chi connectivity index (χ1v) is 7.47. The molecule has 0 fully saturated rings. The number of thiazole rings is 1. The van der Waals surface area contributed by atoms with E-state index in [9.17, 15) is 0 Å². The average molecular weight is 267 g/mol. The van der Waals surface area contributed by atoms with Crippen LogP contribution in [0.5, 0.6) is 0 Å². The van der Waals surface area contributed by atoms with Crippen molar-refractivity contribution in [1.82, 2.24) is 14.7 Å². The van der Waals surface area contributed by atoms with E-state index < -0.39 is 0 Å². The molecule has 0 saturated heterocycles. The fourth-order valence-corrected chi connectivity index (χ4v) is 2.44. The Morgan fingerprint density at radius 1 is 1.39 bits per heavy atom. The van der Waals surface area contributed by atoms with Crippen molar-refractivity contribution in [2.75, 3.05) is 19.8 Å². The lowest BCUT2D eigenvalue weighted by Crippen LogP contribution is -2.16. The lowest BCUT2D eigenvalue weighted by molar-refractivity contribution is 0.128. The van der Waals surface area contributed by atoms with Crippen LogP contribution < -0.4 is 5.32 Å². The normalized spacial score (nSPS) is 11.4. The van der Waals surface area contributed by atoms with Gasteiger partial charge < -0.3 is 10.1 Å². The van der Waals surface area contributed by atoms with E-state index in [0.29, 0.717) is 0 Å². The standard InChI is InChI=1S/C13H21N3OS/c1-2-3-7-17-8-4-5-14-10-12-11-16-6-9-18-13(16)15-12/h6,9,11,14H,2-5,7-8,10H2,1H3. The first-order valence-electron chi connectivity index (χ1n) is 6.59. The van der Waals surface area contributed by atoms with Crippen molar-refractivity contribution in [3.05, 3.63) is 23.5 Å². The average Bonchev–Trinajstić information content (AvgIpc) is 2.93. The minimum Gasteiger partial charge on any atom is -0.381 e. The number of hydrogen-bond acceptors (Lipinski definition) is 4. The largest absolute Gasteiger partial charge is 0.381 e. The monoisotopic (exact) mass is 267 g/mol. The molecular weight excluding hydrogens is 246 g/mol. The predicted molar refractivity (Wildman–Crippen MR) is 75.1 cm³/mol. The number of ether oxygens (including phenoxy) is 1. The van der Waals surface area contributed by atoms with Gasteiger partial charge in [0.05, 0.1) is 5.69 Å². The molecule has 0 aromatic carbocycles. The van der Waals surface area contributed by atoms with Crippen molar-refractivity contribution in [3.63, 3.8) is 0 Å². The molecular formula is C13H21N3OS. The van der Waals surface area contributed by atoms with Gasteiger partial charge in [-0.25, -0.2) is 4.98 Å². The van der Waals surface area contributed by atoms with E-state index in [1.165, 1.54) is 12.8 Å². The summed E-state index contributed by atoms with van der Waals surface area (Å²) in [6, 6.07) is 0. The molecule has 0 amide bonds. The van der Waals surface area contributed by atoms with Crippen LogP contribution in [0.2, 0.25) is 0 Å². The molecule has 2 rings (SSSR count). The zero-order valence-electron chi connectivity index (χ0n) is 10.9. The van der Waals surface area contributed by atoms with Gasteiger partial charge in [-0.15, -0.1) is 11.3 Å². The molecule has 0 aliphatic heterocycles. The molecule has 0 radical (unpaired) electrons. The molecule has 0 bridgehead atoms. The van der Waals surface area contributed by atoms with Crippen LogP contribution in [0.25, 0.3) is 4.96 Å². The molecule has 0 unspecified atom stereocenters. The topological polar surface area (TPSA) is 38.6 Å². The van der Waals surface area contributed by atoms with Gasteiger partial charge in [-0.1, -0.05) is 13.3 Å². The number of hydrogen-bond donors (Lipinski definition) is 1. The minimum absolute atomic E-state index is 0.837. The Hall–Kier alpha value is -0.910. The van der Waals surface area contributed by atoms with Crippen LogP contribution in [-0.4, -0.2) is 29.1 Å². The molecule has 0 spiro atoms. The van der Waals surface area contributed by atoms with Gasteiger partial charge in [0.25, 0.3) is 0 Å². The smallest absolute Gasteiger partial charge is 0.193 e. The first-order chi connectivity index (χ1) is 8.90. The number of nitrogens with zero attached hydrogens (tertiary/aromatic N) is 2. The molecule has 0 atom stereocenters. The zero-order chi connectivity index (χ0) is 12.6. The van der Waals surface area contributed by atoms with Crippen LogP contribution in [-0.2, 0) is 11.3 Å². The summed E-state index contributed by atoms with van der Waals surface area (Å²) in [7, 11) is 0. The first kappa shape index (κ1) is 13.5. The molecule has 2 heterocycles. The minimum atomic E-state index is 0.837. The number of imidazole rings is 1. The van der Waals surface area contributed by atoms with E-state index >= 15 is 0 Å². The number of nitrogens with one attached hydrogen (secondary N) is 1. The van der Waals surface area contributed by atoms with Gasteiger partial charge in [0, 0.05) is 37.5 Å². The molecule has 0 aliphatic rings. The molecule has 18 heavy (non-hydrogen) atoms. The van der Waals surface area contributed by atoms with Crippen molar-refractivity contribution in [1.29, 1.82) is 0 Å². The molecule has 0 aliphatic carbocycles. The Labute approximate surface area is 112 Å². The van der Waals surface area contributed by atoms with Crippen LogP contribution >= 0.6 is 11.3 Å². The second-order valence-electron chi connectivity index (χ2n) is 4.32. The molecule has 2 aromatic rings. The van der Waals surface area contributed by atoms with Gasteiger partial charge in [0.1, 0.15) is 0 Å². The summed E-state index contributed by atoms with van der Waals surface area (Å²) in [5, 5.41) is 5.44. The van der Waals surface area contributed by atoms with Crippen LogP contribution in [0, 0.1) is 0 Å². The van der Waals surface area contributed by atoms with Crippen molar-refractivity contribution in [2.24, 2.45) is 0 Å². The maximum absolute atomic E-state index is 5.50. The highest BCUT2D eigenvalue weighted by Crippen LogP contribution is 2.10. The fraction of sp³-hybridized carbons (Fsp3) is 0.615. The van der Waals surface area contributed by atoms with E-state index in [1.807, 2.05) is 11.6 Å². The number of aromatic nitrogens is 2. The van der Waals surface area contributed by atoms with Gasteiger partial charge in [0.15, 0.2) is 4.96 Å². The summed E-state index contributed by atoms with van der Waals surface area (Å²) >= 11 is 1.67. The maximum atomic E-state index is 5.50. The van der Waals surface area contributed by atoms with Crippen LogP contribution in [0.1, 0.15) is 31.9 Å². The highest BCUT2D eigenvalue weighted by Gasteiger charge is 2.01. The summed E-state index contributed by atoms with van der Waals surface area (Å²) in [4.78, 5) is 5.58. The zero-order valence-corrected chi connectivity index (χ0v) is 11.7. The van der Waals surface area contributed by atoms with E-state index in [4.69, 9.17) is 4.74 Å². The quantitative estimate of drug-likeness (QED) is 0.710. The Kier molecular flexibility index (Phi) is 5.64. The van der Waals surface area contributed by atoms with Crippen LogP contribution in [0.4, 0.5) is 0 Å². The molecule has 1 N–H and O–H groups in total. The van der Waals surface area contributed by atoms with E-state index in [0.717, 1.165) is 43.4 Å². The lowest BCUT2D eigenvalue weighted by atomic mass is 10.3. The number of unbranched alkanes of at least 4 members (excludes halogenated alkanes) is 1. The van der Waals surface area contributed by atoms with Gasteiger partial charge >= 0.3 is 0 Å². The third kappa shape index (κ3) is 4.08. The Bertz CT molecular complexity index is 423. The second-order valence-corrected chi connectivity index (χ2v) is 5.19. The summed E-state index contributed by atoms with van der Waals surface area (Å²) in [6.07, 6.45) is 7.55. The van der Waals surface area contributed by atoms with Crippen molar-refractivity contribution in [2.45, 2.75) is 32.7 Å². The molecule has 100 valence electrons. The van der Waals surface area contributed by atoms with E-state index in [-0.39, 0.29) is 0 Å². The fourth-order valence-electron chi connectivity index (χ4n) is 1.73. The summed E-state index contributed by atoms with van der Waals surface area (Å²) < 4.78 is 7.57. The van der Waals surface area contributed by atoms with Crippen molar-refractivity contribution < 1.29 is 4.74 Å². The SMILES string of the molecule is CCCCOCCCNCc1cn2ccsc2n1. The molecule has 2 aromatic heterocycles.